The largest absolute Gasteiger partial charge is 0.493 e. The first-order chi connectivity index (χ1) is 10.2. The van der Waals surface area contributed by atoms with Crippen LogP contribution >= 0.6 is 0 Å². The fourth-order valence-corrected chi connectivity index (χ4v) is 3.03. The van der Waals surface area contributed by atoms with Gasteiger partial charge in [-0.1, -0.05) is 6.92 Å². The number of methoxy groups -OCH3 is 3. The Morgan fingerprint density at radius 3 is 2.48 bits per heavy atom. The van der Waals surface area contributed by atoms with Gasteiger partial charge < -0.3 is 24.1 Å². The normalized spacial score (nSPS) is 22.9. The van der Waals surface area contributed by atoms with Crippen molar-refractivity contribution in [1.82, 2.24) is 0 Å². The zero-order valence-corrected chi connectivity index (χ0v) is 13.1. The summed E-state index contributed by atoms with van der Waals surface area (Å²) in [7, 11) is 4.70. The first-order valence-electron chi connectivity index (χ1n) is 7.26. The van der Waals surface area contributed by atoms with E-state index in [9.17, 15) is 5.11 Å². The van der Waals surface area contributed by atoms with Gasteiger partial charge in [-0.2, -0.15) is 0 Å². The maximum absolute atomic E-state index is 10.8. The molecule has 0 bridgehead atoms. The average Bonchev–Trinajstić information content (AvgIpc) is 3.00. The van der Waals surface area contributed by atoms with Crippen molar-refractivity contribution >= 4 is 0 Å². The summed E-state index contributed by atoms with van der Waals surface area (Å²) in [5.41, 5.74) is 0.712. The van der Waals surface area contributed by atoms with Crippen LogP contribution in [-0.2, 0) is 4.74 Å². The predicted molar refractivity (Wildman–Crippen MR) is 79.2 cm³/mol. The first kappa shape index (κ1) is 15.9. The minimum absolute atomic E-state index is 0.0713. The molecule has 1 heterocycles. The molecular weight excluding hydrogens is 272 g/mol. The zero-order valence-electron chi connectivity index (χ0n) is 13.1. The molecule has 1 aromatic rings. The van der Waals surface area contributed by atoms with E-state index < -0.39 is 6.10 Å². The van der Waals surface area contributed by atoms with Crippen LogP contribution in [0.4, 0.5) is 0 Å². The summed E-state index contributed by atoms with van der Waals surface area (Å²) in [6.45, 7) is 2.76. The van der Waals surface area contributed by atoms with Crippen LogP contribution in [0.25, 0.3) is 0 Å². The SMILES string of the molecule is CCC1OCCC1C(O)c1ccc(OC)c(OC)c1OC. The van der Waals surface area contributed by atoms with Gasteiger partial charge in [0.05, 0.1) is 33.5 Å². The highest BCUT2D eigenvalue weighted by Gasteiger charge is 2.35. The van der Waals surface area contributed by atoms with Gasteiger partial charge in [0.15, 0.2) is 11.5 Å². The quantitative estimate of drug-likeness (QED) is 0.874. The van der Waals surface area contributed by atoms with Gasteiger partial charge in [0.2, 0.25) is 5.75 Å². The number of ether oxygens (including phenoxy) is 4. The van der Waals surface area contributed by atoms with E-state index in [1.807, 2.05) is 6.07 Å². The highest BCUT2D eigenvalue weighted by Crippen LogP contribution is 2.45. The predicted octanol–water partition coefficient (Wildman–Crippen LogP) is 2.56. The molecule has 1 aliphatic rings. The molecular formula is C16H24O5. The van der Waals surface area contributed by atoms with Crippen LogP contribution in [0.15, 0.2) is 12.1 Å². The molecule has 1 N–H and O–H groups in total. The minimum Gasteiger partial charge on any atom is -0.493 e. The topological polar surface area (TPSA) is 57.2 Å². The zero-order chi connectivity index (χ0) is 15.4. The van der Waals surface area contributed by atoms with Crippen molar-refractivity contribution in [2.75, 3.05) is 27.9 Å². The minimum atomic E-state index is -0.646. The fraction of sp³-hybridized carbons (Fsp3) is 0.625. The van der Waals surface area contributed by atoms with E-state index in [0.29, 0.717) is 29.4 Å². The smallest absolute Gasteiger partial charge is 0.203 e. The van der Waals surface area contributed by atoms with Crippen LogP contribution in [0.1, 0.15) is 31.4 Å². The standard InChI is InChI=1S/C16H24O5/c1-5-12-10(8-9-21-12)14(17)11-6-7-13(18-2)16(20-4)15(11)19-3/h6-7,10,12,14,17H,5,8-9H2,1-4H3. The molecule has 1 aliphatic heterocycles. The van der Waals surface area contributed by atoms with E-state index in [1.54, 1.807) is 27.4 Å². The van der Waals surface area contributed by atoms with E-state index in [1.165, 1.54) is 0 Å². The number of hydrogen-bond donors (Lipinski definition) is 1. The Bertz CT molecular complexity index is 474. The Labute approximate surface area is 125 Å². The number of hydrogen-bond acceptors (Lipinski definition) is 5. The molecule has 0 aromatic heterocycles. The molecule has 1 fully saturated rings. The lowest BCUT2D eigenvalue weighted by atomic mass is 9.88. The molecule has 2 rings (SSSR count). The van der Waals surface area contributed by atoms with E-state index in [2.05, 4.69) is 6.92 Å². The van der Waals surface area contributed by atoms with E-state index >= 15 is 0 Å². The van der Waals surface area contributed by atoms with E-state index in [-0.39, 0.29) is 12.0 Å². The lowest BCUT2D eigenvalue weighted by Crippen LogP contribution is -2.22. The van der Waals surface area contributed by atoms with Crippen LogP contribution in [0, 0.1) is 5.92 Å². The third kappa shape index (κ3) is 2.94. The van der Waals surface area contributed by atoms with Crippen LogP contribution in [-0.4, -0.2) is 39.1 Å². The van der Waals surface area contributed by atoms with Crippen molar-refractivity contribution in [3.63, 3.8) is 0 Å². The molecule has 0 spiro atoms. The summed E-state index contributed by atoms with van der Waals surface area (Å²) in [6, 6.07) is 3.62. The monoisotopic (exact) mass is 296 g/mol. The highest BCUT2D eigenvalue weighted by atomic mass is 16.5. The molecule has 3 atom stereocenters. The molecule has 21 heavy (non-hydrogen) atoms. The van der Waals surface area contributed by atoms with Gasteiger partial charge in [0.1, 0.15) is 0 Å². The first-order valence-corrected chi connectivity index (χ1v) is 7.26. The van der Waals surface area contributed by atoms with Gasteiger partial charge in [0, 0.05) is 18.1 Å². The van der Waals surface area contributed by atoms with Crippen molar-refractivity contribution in [3.8, 4) is 17.2 Å². The van der Waals surface area contributed by atoms with Crippen molar-refractivity contribution in [3.05, 3.63) is 17.7 Å². The van der Waals surface area contributed by atoms with Crippen molar-refractivity contribution in [1.29, 1.82) is 0 Å². The fourth-order valence-electron chi connectivity index (χ4n) is 3.03. The van der Waals surface area contributed by atoms with Gasteiger partial charge in [-0.05, 0) is 25.0 Å². The maximum Gasteiger partial charge on any atom is 0.203 e. The van der Waals surface area contributed by atoms with Crippen LogP contribution < -0.4 is 14.2 Å². The van der Waals surface area contributed by atoms with Crippen molar-refractivity contribution < 1.29 is 24.1 Å². The Balaban J connectivity index is 2.38. The van der Waals surface area contributed by atoms with Crippen LogP contribution in [0.2, 0.25) is 0 Å². The van der Waals surface area contributed by atoms with Crippen LogP contribution in [0.3, 0.4) is 0 Å². The lowest BCUT2D eigenvalue weighted by Gasteiger charge is -2.25. The lowest BCUT2D eigenvalue weighted by molar-refractivity contribution is 0.0296. The number of aliphatic hydroxyl groups excluding tert-OH is 1. The van der Waals surface area contributed by atoms with Gasteiger partial charge in [0.25, 0.3) is 0 Å². The summed E-state index contributed by atoms with van der Waals surface area (Å²) in [5.74, 6) is 1.68. The molecule has 0 aliphatic carbocycles. The molecule has 0 saturated carbocycles. The number of rotatable bonds is 6. The van der Waals surface area contributed by atoms with Crippen LogP contribution in [0.5, 0.6) is 17.2 Å². The Morgan fingerprint density at radius 1 is 1.19 bits per heavy atom. The molecule has 0 radical (unpaired) electrons. The molecule has 0 amide bonds. The second kappa shape index (κ2) is 7.00. The molecule has 1 saturated heterocycles. The molecule has 5 heteroatoms. The third-order valence-electron chi connectivity index (χ3n) is 4.12. The van der Waals surface area contributed by atoms with E-state index in [4.69, 9.17) is 18.9 Å². The van der Waals surface area contributed by atoms with Gasteiger partial charge in [-0.3, -0.25) is 0 Å². The van der Waals surface area contributed by atoms with Gasteiger partial charge in [-0.25, -0.2) is 0 Å². The van der Waals surface area contributed by atoms with Crippen molar-refractivity contribution in [2.45, 2.75) is 32.0 Å². The Morgan fingerprint density at radius 2 is 1.90 bits per heavy atom. The average molecular weight is 296 g/mol. The maximum atomic E-state index is 10.8. The molecule has 3 unspecified atom stereocenters. The van der Waals surface area contributed by atoms with Gasteiger partial charge in [-0.15, -0.1) is 0 Å². The second-order valence-electron chi connectivity index (χ2n) is 5.14. The Kier molecular flexibility index (Phi) is 5.31. The summed E-state index contributed by atoms with van der Waals surface area (Å²) in [6.07, 6.45) is 1.17. The Hall–Kier alpha value is -1.46. The second-order valence-corrected chi connectivity index (χ2v) is 5.14. The number of benzene rings is 1. The van der Waals surface area contributed by atoms with E-state index in [0.717, 1.165) is 12.8 Å². The summed E-state index contributed by atoms with van der Waals surface area (Å²) < 4.78 is 21.8. The highest BCUT2D eigenvalue weighted by molar-refractivity contribution is 5.56. The molecule has 1 aromatic carbocycles. The molecule has 118 valence electrons. The number of aliphatic hydroxyl groups is 1. The van der Waals surface area contributed by atoms with Crippen molar-refractivity contribution in [2.24, 2.45) is 5.92 Å². The summed E-state index contributed by atoms with van der Waals surface area (Å²) >= 11 is 0. The molecule has 5 nitrogen and oxygen atoms in total. The summed E-state index contributed by atoms with van der Waals surface area (Å²) in [5, 5.41) is 10.8. The third-order valence-corrected chi connectivity index (χ3v) is 4.12. The van der Waals surface area contributed by atoms with Gasteiger partial charge >= 0.3 is 0 Å². The summed E-state index contributed by atoms with van der Waals surface area (Å²) in [4.78, 5) is 0.